The number of nitrogens with zero attached hydrogens (tertiary/aromatic N) is 1. The maximum atomic E-state index is 12.2. The topological polar surface area (TPSA) is 41.6 Å². The van der Waals surface area contributed by atoms with E-state index in [1.807, 2.05) is 41.3 Å². The first-order valence-corrected chi connectivity index (χ1v) is 8.93. The van der Waals surface area contributed by atoms with E-state index in [9.17, 15) is 4.79 Å². The van der Waals surface area contributed by atoms with Crippen LogP contribution < -0.4 is 10.1 Å². The molecule has 1 aliphatic heterocycles. The molecule has 4 nitrogen and oxygen atoms in total. The zero-order valence-corrected chi connectivity index (χ0v) is 14.8. The highest BCUT2D eigenvalue weighted by Gasteiger charge is 2.30. The zero-order chi connectivity index (χ0) is 17.5. The van der Waals surface area contributed by atoms with Crippen LogP contribution in [0.15, 0.2) is 54.6 Å². The number of hydrogen-bond acceptors (Lipinski definition) is 3. The molecule has 0 aromatic heterocycles. The van der Waals surface area contributed by atoms with Gasteiger partial charge in [-0.15, -0.1) is 0 Å². The van der Waals surface area contributed by atoms with Gasteiger partial charge in [0, 0.05) is 25.6 Å². The first-order valence-electron chi connectivity index (χ1n) is 8.93. The Labute approximate surface area is 149 Å². The van der Waals surface area contributed by atoms with Crippen LogP contribution in [0, 0.1) is 0 Å². The highest BCUT2D eigenvalue weighted by atomic mass is 16.5. The summed E-state index contributed by atoms with van der Waals surface area (Å²) in [5, 5.41) is 3.49. The largest absolute Gasteiger partial charge is 0.497 e. The van der Waals surface area contributed by atoms with E-state index >= 15 is 0 Å². The lowest BCUT2D eigenvalue weighted by atomic mass is 10.1. The number of amides is 1. The normalized spacial score (nSPS) is 17.1. The van der Waals surface area contributed by atoms with E-state index < -0.39 is 0 Å². The highest BCUT2D eigenvalue weighted by molar-refractivity contribution is 5.78. The van der Waals surface area contributed by atoms with Crippen molar-refractivity contribution in [2.24, 2.45) is 0 Å². The lowest BCUT2D eigenvalue weighted by molar-refractivity contribution is -0.129. The number of hydrogen-bond donors (Lipinski definition) is 1. The minimum atomic E-state index is 0.279. The van der Waals surface area contributed by atoms with Gasteiger partial charge < -0.3 is 15.0 Å². The van der Waals surface area contributed by atoms with Gasteiger partial charge in [-0.2, -0.15) is 0 Å². The van der Waals surface area contributed by atoms with Crippen molar-refractivity contribution in [3.63, 3.8) is 0 Å². The molecule has 1 atom stereocenters. The van der Waals surface area contributed by atoms with E-state index in [2.05, 4.69) is 23.5 Å². The molecule has 2 aromatic rings. The van der Waals surface area contributed by atoms with Crippen molar-refractivity contribution in [1.82, 2.24) is 10.2 Å². The molecule has 1 heterocycles. The molecular weight excluding hydrogens is 312 g/mol. The van der Waals surface area contributed by atoms with Gasteiger partial charge in [0.25, 0.3) is 0 Å². The Morgan fingerprint density at radius 3 is 2.72 bits per heavy atom. The Balaban J connectivity index is 1.47. The summed E-state index contributed by atoms with van der Waals surface area (Å²) < 4.78 is 5.25. The van der Waals surface area contributed by atoms with Crippen LogP contribution >= 0.6 is 0 Å². The van der Waals surface area contributed by atoms with Crippen LogP contribution in [0.5, 0.6) is 5.75 Å². The van der Waals surface area contributed by atoms with Crippen LogP contribution in [0.1, 0.15) is 30.4 Å². The summed E-state index contributed by atoms with van der Waals surface area (Å²) in [6, 6.07) is 18.7. The number of nitrogens with one attached hydrogen (secondary N) is 1. The number of methoxy groups -OCH3 is 1. The van der Waals surface area contributed by atoms with E-state index in [1.54, 1.807) is 7.11 Å². The second-order valence-electron chi connectivity index (χ2n) is 6.52. The molecule has 1 amide bonds. The monoisotopic (exact) mass is 338 g/mol. The number of carbonyl (C=O) groups excluding carboxylic acids is 1. The van der Waals surface area contributed by atoms with Gasteiger partial charge >= 0.3 is 0 Å². The van der Waals surface area contributed by atoms with Crippen LogP contribution in [-0.4, -0.2) is 30.5 Å². The van der Waals surface area contributed by atoms with Gasteiger partial charge in [-0.3, -0.25) is 4.79 Å². The van der Waals surface area contributed by atoms with Gasteiger partial charge in [-0.1, -0.05) is 42.5 Å². The van der Waals surface area contributed by atoms with E-state index in [0.29, 0.717) is 12.5 Å². The summed E-state index contributed by atoms with van der Waals surface area (Å²) in [5.41, 5.74) is 2.41. The Bertz CT molecular complexity index is 687. The molecule has 0 saturated carbocycles. The van der Waals surface area contributed by atoms with Crippen LogP contribution in [0.2, 0.25) is 0 Å². The first-order chi connectivity index (χ1) is 12.3. The molecule has 1 fully saturated rings. The van der Waals surface area contributed by atoms with Crippen molar-refractivity contribution in [2.45, 2.75) is 38.4 Å². The summed E-state index contributed by atoms with van der Waals surface area (Å²) in [5.74, 6) is 1.16. The number of carbonyl (C=O) groups is 1. The minimum absolute atomic E-state index is 0.279. The predicted octanol–water partition coefficient (Wildman–Crippen LogP) is 3.37. The molecule has 1 aliphatic rings. The molecular formula is C21H26N2O2. The fourth-order valence-corrected chi connectivity index (χ4v) is 3.37. The molecule has 0 bridgehead atoms. The molecule has 25 heavy (non-hydrogen) atoms. The molecule has 132 valence electrons. The Hall–Kier alpha value is -2.33. The zero-order valence-electron chi connectivity index (χ0n) is 14.8. The van der Waals surface area contributed by atoms with Crippen molar-refractivity contribution in [3.8, 4) is 5.75 Å². The minimum Gasteiger partial charge on any atom is -0.497 e. The van der Waals surface area contributed by atoms with E-state index in [0.717, 1.165) is 38.2 Å². The van der Waals surface area contributed by atoms with Crippen molar-refractivity contribution in [2.75, 3.05) is 13.7 Å². The van der Waals surface area contributed by atoms with Crippen LogP contribution in [-0.2, 0) is 17.9 Å². The average Bonchev–Trinajstić information content (AvgIpc) is 3.00. The molecule has 3 rings (SSSR count). The standard InChI is InChI=1S/C21H26N2O2/c1-25-20-9-5-8-18(14-20)15-22-13-12-19-10-11-21(24)23(19)16-17-6-3-2-4-7-17/h2-9,14,19,22H,10-13,15-16H2,1H3/t19-/m0/s1. The Kier molecular flexibility index (Phi) is 6.07. The molecule has 2 aromatic carbocycles. The second kappa shape index (κ2) is 8.67. The molecule has 4 heteroatoms. The highest BCUT2D eigenvalue weighted by Crippen LogP contribution is 2.23. The quantitative estimate of drug-likeness (QED) is 0.751. The molecule has 0 radical (unpaired) electrons. The fourth-order valence-electron chi connectivity index (χ4n) is 3.37. The number of ether oxygens (including phenoxy) is 1. The summed E-state index contributed by atoms with van der Waals surface area (Å²) in [6.07, 6.45) is 2.63. The summed E-state index contributed by atoms with van der Waals surface area (Å²) in [4.78, 5) is 14.2. The third kappa shape index (κ3) is 4.83. The van der Waals surface area contributed by atoms with Gasteiger partial charge in [-0.05, 0) is 42.6 Å². The third-order valence-corrected chi connectivity index (χ3v) is 4.77. The SMILES string of the molecule is COc1cccc(CNCC[C@@H]2CCC(=O)N2Cc2ccccc2)c1. The summed E-state index contributed by atoms with van der Waals surface area (Å²) in [6.45, 7) is 2.44. The summed E-state index contributed by atoms with van der Waals surface area (Å²) in [7, 11) is 1.69. The number of likely N-dealkylation sites (tertiary alicyclic amines) is 1. The molecule has 1 N–H and O–H groups in total. The molecule has 0 spiro atoms. The predicted molar refractivity (Wildman–Crippen MR) is 99.3 cm³/mol. The van der Waals surface area contributed by atoms with E-state index in [1.165, 1.54) is 11.1 Å². The Morgan fingerprint density at radius 1 is 1.12 bits per heavy atom. The van der Waals surface area contributed by atoms with Gasteiger partial charge in [0.2, 0.25) is 5.91 Å². The first kappa shape index (κ1) is 17.5. The van der Waals surface area contributed by atoms with Crippen molar-refractivity contribution < 1.29 is 9.53 Å². The van der Waals surface area contributed by atoms with Crippen LogP contribution in [0.3, 0.4) is 0 Å². The lowest BCUT2D eigenvalue weighted by Crippen LogP contribution is -2.34. The van der Waals surface area contributed by atoms with Crippen molar-refractivity contribution in [3.05, 3.63) is 65.7 Å². The molecule has 0 unspecified atom stereocenters. The maximum Gasteiger partial charge on any atom is 0.223 e. The molecule has 1 saturated heterocycles. The number of benzene rings is 2. The lowest BCUT2D eigenvalue weighted by Gasteiger charge is -2.25. The fraction of sp³-hybridized carbons (Fsp3) is 0.381. The van der Waals surface area contributed by atoms with E-state index in [4.69, 9.17) is 4.74 Å². The Morgan fingerprint density at radius 2 is 1.92 bits per heavy atom. The summed E-state index contributed by atoms with van der Waals surface area (Å²) >= 11 is 0. The van der Waals surface area contributed by atoms with Gasteiger partial charge in [-0.25, -0.2) is 0 Å². The van der Waals surface area contributed by atoms with Crippen molar-refractivity contribution >= 4 is 5.91 Å². The number of rotatable bonds is 8. The van der Waals surface area contributed by atoms with Crippen LogP contribution in [0.25, 0.3) is 0 Å². The van der Waals surface area contributed by atoms with Gasteiger partial charge in [0.15, 0.2) is 0 Å². The van der Waals surface area contributed by atoms with Gasteiger partial charge in [0.1, 0.15) is 5.75 Å². The molecule has 0 aliphatic carbocycles. The maximum absolute atomic E-state index is 12.2. The van der Waals surface area contributed by atoms with Gasteiger partial charge in [0.05, 0.1) is 7.11 Å². The van der Waals surface area contributed by atoms with E-state index in [-0.39, 0.29) is 5.91 Å². The average molecular weight is 338 g/mol. The van der Waals surface area contributed by atoms with Crippen molar-refractivity contribution in [1.29, 1.82) is 0 Å². The van der Waals surface area contributed by atoms with Crippen LogP contribution in [0.4, 0.5) is 0 Å². The third-order valence-electron chi connectivity index (χ3n) is 4.77. The second-order valence-corrected chi connectivity index (χ2v) is 6.52. The smallest absolute Gasteiger partial charge is 0.223 e.